The molecule has 0 saturated heterocycles. The van der Waals surface area contributed by atoms with Crippen LogP contribution in [0, 0.1) is 0 Å². The van der Waals surface area contributed by atoms with Gasteiger partial charge in [-0.1, -0.05) is 22.3 Å². The number of nitrogens with zero attached hydrogens (tertiary/aromatic N) is 4. The maximum atomic E-state index is 11.3. The molecule has 171 valence electrons. The largest absolute Gasteiger partial charge is 0.481 e. The van der Waals surface area contributed by atoms with Crippen molar-refractivity contribution in [2.45, 2.75) is 60.8 Å². The fourth-order valence-corrected chi connectivity index (χ4v) is 3.47. The number of carbonyl (C=O) groups excluding carboxylic acids is 1. The molecule has 2 aromatic rings. The summed E-state index contributed by atoms with van der Waals surface area (Å²) >= 11 is 5.71. The second kappa shape index (κ2) is 13.8. The molecule has 0 aliphatic heterocycles. The van der Waals surface area contributed by atoms with Crippen LogP contribution in [-0.2, 0) is 30.4 Å². The number of esters is 1. The normalized spacial score (nSPS) is 12.1. The molecule has 0 amide bonds. The Bertz CT molecular complexity index is 868. The Kier molecular flexibility index (Phi) is 13.7. The fraction of sp³-hybridized carbons (Fsp3) is 0.571. The van der Waals surface area contributed by atoms with E-state index in [0.717, 1.165) is 61.0 Å². The topological polar surface area (TPSA) is 96.3 Å². The molecular formula is C21H33BClN4O4. The summed E-state index contributed by atoms with van der Waals surface area (Å²) in [6.45, 7) is 0. The van der Waals surface area contributed by atoms with Gasteiger partial charge in [-0.15, -0.1) is 0 Å². The van der Waals surface area contributed by atoms with Gasteiger partial charge in [0.05, 0.1) is 32.7 Å². The first-order chi connectivity index (χ1) is 13.1. The zero-order valence-electron chi connectivity index (χ0n) is 16.1. The molecule has 0 atom stereocenters. The third-order valence-electron chi connectivity index (χ3n) is 4.52. The average molecular weight is 452 g/mol. The lowest BCUT2D eigenvalue weighted by Crippen LogP contribution is -2.11. The van der Waals surface area contributed by atoms with E-state index in [4.69, 9.17) is 21.1 Å². The maximum absolute atomic E-state index is 11.3. The summed E-state index contributed by atoms with van der Waals surface area (Å²) < 4.78 is 14.8. The van der Waals surface area contributed by atoms with E-state index in [1.807, 2.05) is 0 Å². The van der Waals surface area contributed by atoms with E-state index in [0.29, 0.717) is 11.8 Å². The molecule has 0 bridgehead atoms. The van der Waals surface area contributed by atoms with Crippen LogP contribution in [0.4, 0.5) is 0 Å². The molecular weight excluding hydrogens is 419 g/mol. The van der Waals surface area contributed by atoms with Crippen molar-refractivity contribution in [3.8, 4) is 11.8 Å². The molecule has 8 nitrogen and oxygen atoms in total. The van der Waals surface area contributed by atoms with Gasteiger partial charge in [-0.25, -0.2) is 14.8 Å². The summed E-state index contributed by atoms with van der Waals surface area (Å²) in [4.78, 5) is 27.6. The average Bonchev–Trinajstić information content (AvgIpc) is 3.35. The van der Waals surface area contributed by atoms with Crippen molar-refractivity contribution in [2.75, 3.05) is 21.3 Å². The first-order valence-electron chi connectivity index (χ1n) is 8.68. The van der Waals surface area contributed by atoms with Gasteiger partial charge in [0.15, 0.2) is 0 Å². The standard InChI is InChI=1S/C10H12N2O3.C8H9ClN2O.3CH4.B/c1-14-9-6-4-3-5-7(6)11-8(12-9)10(13)15-2;1-12-7-5-3-2-4-6(5)10-8(9)11-7;;;;/h3-5H2,1-2H3;2-4H2,1H3;3*1H4;. The number of halogens is 1. The Morgan fingerprint density at radius 2 is 1.26 bits per heavy atom. The van der Waals surface area contributed by atoms with Gasteiger partial charge >= 0.3 is 5.97 Å². The first-order valence-corrected chi connectivity index (χ1v) is 9.06. The quantitative estimate of drug-likeness (QED) is 0.393. The maximum Gasteiger partial charge on any atom is 0.376 e. The van der Waals surface area contributed by atoms with Crippen LogP contribution in [0.25, 0.3) is 0 Å². The molecule has 4 rings (SSSR count). The van der Waals surface area contributed by atoms with Crippen LogP contribution < -0.4 is 9.47 Å². The highest BCUT2D eigenvalue weighted by molar-refractivity contribution is 6.28. The Labute approximate surface area is 192 Å². The van der Waals surface area contributed by atoms with Crippen molar-refractivity contribution < 1.29 is 19.0 Å². The number of aromatic nitrogens is 4. The molecule has 3 radical (unpaired) electrons. The van der Waals surface area contributed by atoms with Gasteiger partial charge < -0.3 is 14.2 Å². The zero-order valence-corrected chi connectivity index (χ0v) is 16.9. The molecule has 10 heteroatoms. The number of aryl methyl sites for hydroxylation is 2. The number of carbonyl (C=O) groups is 1. The summed E-state index contributed by atoms with van der Waals surface area (Å²) in [5.74, 6) is 0.693. The highest BCUT2D eigenvalue weighted by atomic mass is 35.5. The van der Waals surface area contributed by atoms with Crippen molar-refractivity contribution in [2.24, 2.45) is 0 Å². The molecule has 2 aliphatic carbocycles. The van der Waals surface area contributed by atoms with E-state index in [1.54, 1.807) is 14.2 Å². The Balaban J connectivity index is 0. The summed E-state index contributed by atoms with van der Waals surface area (Å²) in [6, 6.07) is 0. The number of fused-ring (bicyclic) bond motifs is 2. The second-order valence-corrected chi connectivity index (χ2v) is 6.45. The van der Waals surface area contributed by atoms with Gasteiger partial charge in [-0.3, -0.25) is 0 Å². The second-order valence-electron chi connectivity index (χ2n) is 6.11. The summed E-state index contributed by atoms with van der Waals surface area (Å²) in [6.07, 6.45) is 5.95. The highest BCUT2D eigenvalue weighted by Gasteiger charge is 2.22. The molecule has 0 spiro atoms. The summed E-state index contributed by atoms with van der Waals surface area (Å²) in [5, 5.41) is 0.285. The Hall–Kier alpha value is -2.42. The van der Waals surface area contributed by atoms with Crippen LogP contribution in [0.3, 0.4) is 0 Å². The molecule has 2 aliphatic rings. The fourth-order valence-electron chi connectivity index (χ4n) is 3.29. The third kappa shape index (κ3) is 6.79. The number of methoxy groups -OCH3 is 3. The van der Waals surface area contributed by atoms with E-state index in [-0.39, 0.29) is 41.8 Å². The predicted molar refractivity (Wildman–Crippen MR) is 124 cm³/mol. The van der Waals surface area contributed by atoms with Crippen molar-refractivity contribution in [3.63, 3.8) is 0 Å². The van der Waals surface area contributed by atoms with Gasteiger partial charge in [-0.2, -0.15) is 9.97 Å². The smallest absolute Gasteiger partial charge is 0.376 e. The van der Waals surface area contributed by atoms with E-state index in [9.17, 15) is 4.79 Å². The number of ether oxygens (including phenoxy) is 3. The Morgan fingerprint density at radius 1 is 0.774 bits per heavy atom. The van der Waals surface area contributed by atoms with Crippen LogP contribution >= 0.6 is 11.6 Å². The minimum absolute atomic E-state index is 0. The molecule has 31 heavy (non-hydrogen) atoms. The van der Waals surface area contributed by atoms with Gasteiger partial charge in [0, 0.05) is 19.5 Å². The summed E-state index contributed by atoms with van der Waals surface area (Å²) in [7, 11) is 4.46. The predicted octanol–water partition coefficient (Wildman–Crippen LogP) is 3.92. The van der Waals surface area contributed by atoms with Gasteiger partial charge in [0.2, 0.25) is 22.9 Å². The molecule has 2 aromatic heterocycles. The van der Waals surface area contributed by atoms with Crippen LogP contribution in [0.15, 0.2) is 0 Å². The number of hydrogen-bond donors (Lipinski definition) is 0. The summed E-state index contributed by atoms with van der Waals surface area (Å²) in [5.41, 5.74) is 4.10. The molecule has 0 unspecified atom stereocenters. The molecule has 2 heterocycles. The molecule has 0 fully saturated rings. The van der Waals surface area contributed by atoms with Crippen molar-refractivity contribution in [1.82, 2.24) is 19.9 Å². The van der Waals surface area contributed by atoms with Gasteiger partial charge in [0.25, 0.3) is 0 Å². The van der Waals surface area contributed by atoms with Gasteiger partial charge in [0.1, 0.15) is 0 Å². The Morgan fingerprint density at radius 3 is 1.74 bits per heavy atom. The van der Waals surface area contributed by atoms with E-state index < -0.39 is 5.97 Å². The zero-order chi connectivity index (χ0) is 19.4. The van der Waals surface area contributed by atoms with Crippen LogP contribution in [0.2, 0.25) is 5.28 Å². The van der Waals surface area contributed by atoms with Crippen LogP contribution in [0.1, 0.15) is 68.3 Å². The monoisotopic (exact) mass is 451 g/mol. The molecule has 0 N–H and O–H groups in total. The lowest BCUT2D eigenvalue weighted by molar-refractivity contribution is 0.0585. The van der Waals surface area contributed by atoms with Crippen molar-refractivity contribution in [3.05, 3.63) is 33.6 Å². The van der Waals surface area contributed by atoms with Crippen LogP contribution in [-0.4, -0.2) is 55.6 Å². The number of hydrogen-bond acceptors (Lipinski definition) is 8. The molecule has 0 aromatic carbocycles. The number of rotatable bonds is 3. The van der Waals surface area contributed by atoms with Gasteiger partial charge in [-0.05, 0) is 50.1 Å². The lowest BCUT2D eigenvalue weighted by Gasteiger charge is -2.07. The van der Waals surface area contributed by atoms with E-state index in [1.165, 1.54) is 7.11 Å². The minimum atomic E-state index is -0.525. The van der Waals surface area contributed by atoms with Crippen LogP contribution in [0.5, 0.6) is 11.8 Å². The van der Waals surface area contributed by atoms with Crippen molar-refractivity contribution in [1.29, 1.82) is 0 Å². The third-order valence-corrected chi connectivity index (χ3v) is 4.69. The minimum Gasteiger partial charge on any atom is -0.481 e. The van der Waals surface area contributed by atoms with E-state index >= 15 is 0 Å². The highest BCUT2D eigenvalue weighted by Crippen LogP contribution is 2.29. The SMILES string of the molecule is C.C.C.COC(=O)c1nc2c(c(OC)n1)CCC2.COc1nc(Cl)nc2c1CCC2.[B]. The van der Waals surface area contributed by atoms with Crippen molar-refractivity contribution >= 4 is 26.0 Å². The lowest BCUT2D eigenvalue weighted by atomic mass is 10.2. The van der Waals surface area contributed by atoms with E-state index in [2.05, 4.69) is 24.7 Å². The molecule has 0 saturated carbocycles. The first kappa shape index (κ1) is 30.8.